The first-order valence-electron chi connectivity index (χ1n) is 3.23. The maximum Gasteiger partial charge on any atom is 0.0487 e. The third-order valence-corrected chi connectivity index (χ3v) is 4.90. The Labute approximate surface area is 81.4 Å². The number of hydrogen-bond donors (Lipinski definition) is 2. The Morgan fingerprint density at radius 1 is 0.583 bits per heavy atom. The second kappa shape index (κ2) is 3.73. The van der Waals surface area contributed by atoms with Crippen LogP contribution in [-0.4, -0.2) is 0 Å². The van der Waals surface area contributed by atoms with Gasteiger partial charge in [-0.3, -0.25) is 0 Å². The third-order valence-electron chi connectivity index (χ3n) is 1.74. The number of nitrogen functional groups attached to an aromatic ring is 2. The maximum atomic E-state index is 5.81. The van der Waals surface area contributed by atoms with Gasteiger partial charge < -0.3 is 11.5 Å². The molecular weight excluding hydrogens is 224 g/mol. The Hall–Kier alpha value is 0.540. The van der Waals surface area contributed by atoms with Crippen LogP contribution in [0, 0.1) is 0 Å². The minimum atomic E-state index is 0.721. The minimum absolute atomic E-state index is 0.721. The molecule has 2 nitrogen and oxygen atoms in total. The highest BCUT2D eigenvalue weighted by atomic mass is 31.0. The van der Waals surface area contributed by atoms with Crippen LogP contribution in [0.5, 0.6) is 0 Å². The van der Waals surface area contributed by atoms with Gasteiger partial charge in [0.1, 0.15) is 0 Å². The van der Waals surface area contributed by atoms with Gasteiger partial charge in [0.25, 0.3) is 0 Å². The average molecular weight is 236 g/mol. The van der Waals surface area contributed by atoms with E-state index >= 15 is 0 Å². The van der Waals surface area contributed by atoms with E-state index in [-0.39, 0.29) is 0 Å². The van der Waals surface area contributed by atoms with Crippen molar-refractivity contribution in [3.8, 4) is 0 Å². The van der Waals surface area contributed by atoms with Crippen LogP contribution in [0.15, 0.2) is 0 Å². The van der Waals surface area contributed by atoms with Gasteiger partial charge in [0, 0.05) is 27.3 Å². The number of rotatable bonds is 0. The summed E-state index contributed by atoms with van der Waals surface area (Å²) in [6.07, 6.45) is 0. The highest BCUT2D eigenvalue weighted by Crippen LogP contribution is 2.11. The second-order valence-corrected chi connectivity index (χ2v) is 4.79. The van der Waals surface area contributed by atoms with Crippen LogP contribution >= 0.6 is 37.0 Å². The van der Waals surface area contributed by atoms with Gasteiger partial charge in [-0.15, -0.1) is 37.0 Å². The van der Waals surface area contributed by atoms with Crippen LogP contribution in [0.25, 0.3) is 0 Å². The molecule has 0 amide bonds. The van der Waals surface area contributed by atoms with E-state index in [0.717, 1.165) is 32.6 Å². The summed E-state index contributed by atoms with van der Waals surface area (Å²) in [5, 5.41) is 3.89. The number of hydrogen-bond acceptors (Lipinski definition) is 2. The first-order valence-corrected chi connectivity index (χ1v) is 5.54. The molecule has 6 heteroatoms. The molecule has 0 saturated carbocycles. The van der Waals surface area contributed by atoms with Crippen molar-refractivity contribution in [2.24, 2.45) is 0 Å². The van der Waals surface area contributed by atoms with Crippen LogP contribution in [0.3, 0.4) is 0 Å². The maximum absolute atomic E-state index is 5.81. The predicted octanol–water partition coefficient (Wildman–Crippen LogP) is -1.15. The van der Waals surface area contributed by atoms with Gasteiger partial charge in [-0.2, -0.15) is 0 Å². The lowest BCUT2D eigenvalue weighted by atomic mass is 10.3. The molecule has 0 spiro atoms. The Balaban J connectivity index is 3.60. The fourth-order valence-electron chi connectivity index (χ4n) is 0.871. The molecule has 0 saturated heterocycles. The molecule has 0 fully saturated rings. The molecule has 0 bridgehead atoms. The lowest BCUT2D eigenvalue weighted by Crippen LogP contribution is -2.34. The molecule has 1 rings (SSSR count). The predicted molar refractivity (Wildman–Crippen MR) is 72.6 cm³/mol. The van der Waals surface area contributed by atoms with Crippen molar-refractivity contribution < 1.29 is 0 Å². The molecule has 4 N–H and O–H groups in total. The van der Waals surface area contributed by atoms with E-state index < -0.39 is 0 Å². The summed E-state index contributed by atoms with van der Waals surface area (Å²) >= 11 is 0. The van der Waals surface area contributed by atoms with Gasteiger partial charge in [-0.25, -0.2) is 0 Å². The number of benzene rings is 1. The summed E-state index contributed by atoms with van der Waals surface area (Å²) in [6, 6.07) is 0. The molecule has 0 heterocycles. The molecule has 4 unspecified atom stereocenters. The van der Waals surface area contributed by atoms with Crippen LogP contribution in [0.2, 0.25) is 0 Å². The SMILES string of the molecule is Nc1c(P)c(N)c(P)c(P)c1P. The first kappa shape index (κ1) is 10.6. The Morgan fingerprint density at radius 2 is 0.917 bits per heavy atom. The summed E-state index contributed by atoms with van der Waals surface area (Å²) in [4.78, 5) is 0. The molecule has 0 aliphatic rings. The van der Waals surface area contributed by atoms with Gasteiger partial charge in [0.15, 0.2) is 0 Å². The summed E-state index contributed by atoms with van der Waals surface area (Å²) in [5.41, 5.74) is 13.1. The number of anilines is 2. The smallest absolute Gasteiger partial charge is 0.0487 e. The van der Waals surface area contributed by atoms with Crippen molar-refractivity contribution >= 4 is 69.6 Å². The van der Waals surface area contributed by atoms with Crippen molar-refractivity contribution in [3.63, 3.8) is 0 Å². The Morgan fingerprint density at radius 3 is 1.25 bits per heavy atom. The van der Waals surface area contributed by atoms with Crippen LogP contribution in [0.4, 0.5) is 11.4 Å². The quantitative estimate of drug-likeness (QED) is 0.441. The summed E-state index contributed by atoms with van der Waals surface area (Å²) in [5.74, 6) is 0. The molecule has 0 aliphatic carbocycles. The van der Waals surface area contributed by atoms with Crippen molar-refractivity contribution in [1.82, 2.24) is 0 Å². The molecule has 0 radical (unpaired) electrons. The molecule has 0 aromatic heterocycles. The lowest BCUT2D eigenvalue weighted by molar-refractivity contribution is 1.86. The summed E-state index contributed by atoms with van der Waals surface area (Å²) in [7, 11) is 10.4. The monoisotopic (exact) mass is 236 g/mol. The van der Waals surface area contributed by atoms with E-state index in [9.17, 15) is 0 Å². The summed E-state index contributed by atoms with van der Waals surface area (Å²) in [6.45, 7) is 0. The van der Waals surface area contributed by atoms with E-state index in [1.54, 1.807) is 0 Å². The zero-order valence-electron chi connectivity index (χ0n) is 6.46. The highest BCUT2D eigenvalue weighted by molar-refractivity contribution is 7.41. The van der Waals surface area contributed by atoms with Crippen molar-refractivity contribution in [2.45, 2.75) is 0 Å². The standard InChI is InChI=1S/C6H12N2P4/c7-1-3(9)2(8)5(11)6(12)4(1)10/h7-12H2. The zero-order chi connectivity index (χ0) is 9.46. The fraction of sp³-hybridized carbons (Fsp3) is 0. The van der Waals surface area contributed by atoms with Gasteiger partial charge in [0.05, 0.1) is 0 Å². The minimum Gasteiger partial charge on any atom is -0.398 e. The molecule has 12 heavy (non-hydrogen) atoms. The molecular formula is C6H12N2P4. The third kappa shape index (κ3) is 1.59. The summed E-state index contributed by atoms with van der Waals surface area (Å²) < 4.78 is 0. The Bertz CT molecular complexity index is 232. The average Bonchev–Trinajstić information content (AvgIpc) is 2.08. The molecule has 1 aromatic carbocycles. The van der Waals surface area contributed by atoms with E-state index in [1.165, 1.54) is 0 Å². The van der Waals surface area contributed by atoms with Gasteiger partial charge in [-0.1, -0.05) is 0 Å². The normalized spacial score (nSPS) is 10.3. The van der Waals surface area contributed by atoms with Gasteiger partial charge in [-0.05, 0) is 5.30 Å². The van der Waals surface area contributed by atoms with Crippen LogP contribution in [0.1, 0.15) is 0 Å². The number of nitrogens with two attached hydrogens (primary N) is 2. The molecule has 1 aromatic rings. The van der Waals surface area contributed by atoms with Crippen LogP contribution in [-0.2, 0) is 0 Å². The topological polar surface area (TPSA) is 52.0 Å². The highest BCUT2D eigenvalue weighted by Gasteiger charge is 2.10. The molecule has 0 aliphatic heterocycles. The molecule has 66 valence electrons. The molecule has 4 atom stereocenters. The van der Waals surface area contributed by atoms with Crippen LogP contribution < -0.4 is 32.7 Å². The van der Waals surface area contributed by atoms with E-state index in [1.807, 2.05) is 0 Å². The van der Waals surface area contributed by atoms with Gasteiger partial charge >= 0.3 is 0 Å². The van der Waals surface area contributed by atoms with E-state index in [2.05, 4.69) is 37.0 Å². The van der Waals surface area contributed by atoms with Crippen molar-refractivity contribution in [3.05, 3.63) is 0 Å². The zero-order valence-corrected chi connectivity index (χ0v) is 11.1. The van der Waals surface area contributed by atoms with E-state index in [4.69, 9.17) is 11.5 Å². The van der Waals surface area contributed by atoms with Crippen molar-refractivity contribution in [1.29, 1.82) is 0 Å². The van der Waals surface area contributed by atoms with Crippen molar-refractivity contribution in [2.75, 3.05) is 11.5 Å². The Kier molecular flexibility index (Phi) is 3.30. The first-order chi connectivity index (χ1) is 5.46. The second-order valence-electron chi connectivity index (χ2n) is 2.48. The largest absolute Gasteiger partial charge is 0.398 e. The fourth-order valence-corrected chi connectivity index (χ4v) is 2.61. The van der Waals surface area contributed by atoms with Gasteiger partial charge in [0.2, 0.25) is 0 Å². The van der Waals surface area contributed by atoms with E-state index in [0.29, 0.717) is 0 Å². The lowest BCUT2D eigenvalue weighted by Gasteiger charge is -2.13.